The zero-order chi connectivity index (χ0) is 26.7. The summed E-state index contributed by atoms with van der Waals surface area (Å²) < 4.78 is 12.9. The minimum absolute atomic E-state index is 0.144. The highest BCUT2D eigenvalue weighted by atomic mass is 16.5. The van der Waals surface area contributed by atoms with E-state index < -0.39 is 6.04 Å². The molecule has 0 aliphatic carbocycles. The molecule has 39 heavy (non-hydrogen) atoms. The molecule has 7 heteroatoms. The lowest BCUT2D eigenvalue weighted by Gasteiger charge is -2.51. The number of carbonyl (C=O) groups is 1. The lowest BCUT2D eigenvalue weighted by atomic mass is 9.83. The Morgan fingerprint density at radius 2 is 1.72 bits per heavy atom. The van der Waals surface area contributed by atoms with E-state index in [0.29, 0.717) is 29.5 Å². The van der Waals surface area contributed by atoms with Crippen LogP contribution in [0.2, 0.25) is 0 Å². The number of aromatic nitrogens is 1. The fourth-order valence-electron chi connectivity index (χ4n) is 6.03. The minimum Gasteiger partial charge on any atom is -0.454 e. The number of quaternary nitrogens is 1. The maximum atomic E-state index is 13.6. The molecule has 0 amide bonds. The number of para-hydroxylation sites is 1. The third-order valence-corrected chi connectivity index (χ3v) is 8.09. The van der Waals surface area contributed by atoms with Gasteiger partial charge in [-0.1, -0.05) is 60.7 Å². The van der Waals surface area contributed by atoms with Crippen LogP contribution >= 0.6 is 0 Å². The summed E-state index contributed by atoms with van der Waals surface area (Å²) in [5, 5.41) is 12.8. The molecule has 3 aliphatic heterocycles. The molecule has 3 aliphatic rings. The van der Waals surface area contributed by atoms with Crippen molar-refractivity contribution in [1.29, 1.82) is 5.26 Å². The molecule has 0 radical (unpaired) electrons. The quantitative estimate of drug-likeness (QED) is 0.237. The van der Waals surface area contributed by atoms with E-state index in [4.69, 9.17) is 14.1 Å². The Morgan fingerprint density at radius 3 is 2.46 bits per heavy atom. The number of nitriles is 1. The molecule has 196 valence electrons. The molecule has 3 fully saturated rings. The predicted octanol–water partition coefficient (Wildman–Crippen LogP) is 5.72. The van der Waals surface area contributed by atoms with Crippen LogP contribution in [0.25, 0.3) is 11.5 Å². The van der Waals surface area contributed by atoms with Crippen LogP contribution in [0, 0.1) is 17.2 Å². The summed E-state index contributed by atoms with van der Waals surface area (Å²) in [6.45, 7) is 3.53. The van der Waals surface area contributed by atoms with Crippen molar-refractivity contribution in [2.24, 2.45) is 5.92 Å². The van der Waals surface area contributed by atoms with Crippen LogP contribution in [-0.2, 0) is 16.1 Å². The Morgan fingerprint density at radius 1 is 1.03 bits per heavy atom. The van der Waals surface area contributed by atoms with Gasteiger partial charge in [0.25, 0.3) is 0 Å². The molecule has 4 aromatic rings. The molecule has 7 rings (SSSR count). The number of ether oxygens (including phenoxy) is 1. The van der Waals surface area contributed by atoms with E-state index >= 15 is 0 Å². The highest BCUT2D eigenvalue weighted by Crippen LogP contribution is 2.38. The van der Waals surface area contributed by atoms with E-state index in [1.54, 1.807) is 12.3 Å². The number of anilines is 1. The van der Waals surface area contributed by atoms with Crippen LogP contribution in [0.4, 0.5) is 5.69 Å². The summed E-state index contributed by atoms with van der Waals surface area (Å²) in [7, 11) is 0. The molecule has 3 aromatic carbocycles. The fourth-order valence-corrected chi connectivity index (χ4v) is 6.03. The molecular formula is C32H31N4O3+. The van der Waals surface area contributed by atoms with Gasteiger partial charge in [0.1, 0.15) is 25.0 Å². The first kappa shape index (κ1) is 24.9. The van der Waals surface area contributed by atoms with Crippen molar-refractivity contribution in [2.75, 3.05) is 25.0 Å². The highest BCUT2D eigenvalue weighted by molar-refractivity contribution is 5.81. The number of oxazole rings is 1. The lowest BCUT2D eigenvalue weighted by Crippen LogP contribution is -2.64. The smallest absolute Gasteiger partial charge is 0.333 e. The van der Waals surface area contributed by atoms with Crippen molar-refractivity contribution < 1.29 is 18.4 Å². The normalized spacial score (nSPS) is 22.5. The summed E-state index contributed by atoms with van der Waals surface area (Å²) in [6.07, 6.45) is 3.59. The highest BCUT2D eigenvalue weighted by Gasteiger charge is 2.48. The number of carbonyl (C=O) groups excluding carboxylic acids is 1. The van der Waals surface area contributed by atoms with Gasteiger partial charge in [0.15, 0.2) is 12.1 Å². The van der Waals surface area contributed by atoms with Crippen molar-refractivity contribution >= 4 is 11.7 Å². The largest absolute Gasteiger partial charge is 0.454 e. The molecule has 2 bridgehead atoms. The summed E-state index contributed by atoms with van der Waals surface area (Å²) in [5.41, 5.74) is 3.86. The standard InChI is InChI=1S/C32H31N4O3/c33-19-25-11-7-8-14-28(25)31-35-27(22-38-31)20-36-17-15-23(16-18-36)29(21-36)39-32(37)30(24-9-3-1-4-10-24)34-26-12-5-2-6-13-26/h1-14,22-23,29-30,34H,15-18,20-21H2/q+1/t23?,29-,30+,36?/m0/s1. The van der Waals surface area contributed by atoms with Gasteiger partial charge in [0.2, 0.25) is 5.89 Å². The second kappa shape index (κ2) is 10.8. The number of piperidine rings is 3. The number of esters is 1. The van der Waals surface area contributed by atoms with Crippen LogP contribution in [0.1, 0.15) is 35.7 Å². The number of hydrogen-bond donors (Lipinski definition) is 1. The molecular weight excluding hydrogens is 488 g/mol. The van der Waals surface area contributed by atoms with Crippen LogP contribution < -0.4 is 5.32 Å². The zero-order valence-corrected chi connectivity index (χ0v) is 21.7. The number of fused-ring (bicyclic) bond motifs is 3. The van der Waals surface area contributed by atoms with Gasteiger partial charge < -0.3 is 19.0 Å². The van der Waals surface area contributed by atoms with Crippen molar-refractivity contribution in [2.45, 2.75) is 31.5 Å². The topological polar surface area (TPSA) is 88.1 Å². The zero-order valence-electron chi connectivity index (χ0n) is 21.7. The Hall–Kier alpha value is -4.41. The van der Waals surface area contributed by atoms with Gasteiger partial charge >= 0.3 is 5.97 Å². The Kier molecular flexibility index (Phi) is 6.87. The number of hydrogen-bond acceptors (Lipinski definition) is 6. The summed E-state index contributed by atoms with van der Waals surface area (Å²) in [4.78, 5) is 18.4. The predicted molar refractivity (Wildman–Crippen MR) is 147 cm³/mol. The number of rotatable bonds is 8. The van der Waals surface area contributed by atoms with E-state index in [2.05, 4.69) is 11.4 Å². The summed E-state index contributed by atoms with van der Waals surface area (Å²) >= 11 is 0. The molecule has 7 nitrogen and oxygen atoms in total. The number of nitrogens with zero attached hydrogens (tertiary/aromatic N) is 3. The van der Waals surface area contributed by atoms with Gasteiger partial charge in [-0.2, -0.15) is 5.26 Å². The lowest BCUT2D eigenvalue weighted by molar-refractivity contribution is -0.958. The third kappa shape index (κ3) is 5.29. The summed E-state index contributed by atoms with van der Waals surface area (Å²) in [5.74, 6) is 0.587. The Balaban J connectivity index is 1.18. The molecule has 2 atom stereocenters. The second-order valence-electron chi connectivity index (χ2n) is 10.6. The molecule has 4 heterocycles. The number of benzene rings is 3. The van der Waals surface area contributed by atoms with E-state index in [1.807, 2.05) is 78.9 Å². The molecule has 0 saturated carbocycles. The average Bonchev–Trinajstić information content (AvgIpc) is 3.45. The Labute approximate surface area is 228 Å². The van der Waals surface area contributed by atoms with Gasteiger partial charge in [-0.25, -0.2) is 9.78 Å². The second-order valence-corrected chi connectivity index (χ2v) is 10.6. The van der Waals surface area contributed by atoms with Crippen molar-refractivity contribution in [1.82, 2.24) is 4.98 Å². The monoisotopic (exact) mass is 519 g/mol. The van der Waals surface area contributed by atoms with Crippen molar-refractivity contribution in [3.05, 3.63) is 108 Å². The van der Waals surface area contributed by atoms with Gasteiger partial charge in [-0.05, 0) is 29.8 Å². The maximum absolute atomic E-state index is 13.6. The number of nitrogens with one attached hydrogen (secondary N) is 1. The van der Waals surface area contributed by atoms with Gasteiger partial charge in [0, 0.05) is 24.4 Å². The first-order chi connectivity index (χ1) is 19.1. The molecule has 1 N–H and O–H groups in total. The van der Waals surface area contributed by atoms with E-state index in [-0.39, 0.29) is 12.1 Å². The van der Waals surface area contributed by atoms with Crippen LogP contribution in [0.15, 0.2) is 95.6 Å². The molecule has 3 saturated heterocycles. The van der Waals surface area contributed by atoms with Crippen molar-refractivity contribution in [3.8, 4) is 17.5 Å². The van der Waals surface area contributed by atoms with Crippen LogP contribution in [-0.4, -0.2) is 41.2 Å². The van der Waals surface area contributed by atoms with Gasteiger partial charge in [-0.3, -0.25) is 0 Å². The average molecular weight is 520 g/mol. The molecule has 0 spiro atoms. The summed E-state index contributed by atoms with van der Waals surface area (Å²) in [6, 6.07) is 28.5. The Bertz CT molecular complexity index is 1470. The first-order valence-electron chi connectivity index (χ1n) is 13.5. The SMILES string of the molecule is N#Cc1ccccc1-c1nc(C[N+]23CCC(CC2)[C@@H](OC(=O)[C@H](Nc2ccccc2)c2ccccc2)C3)co1. The van der Waals surface area contributed by atoms with Crippen LogP contribution in [0.3, 0.4) is 0 Å². The molecule has 0 unspecified atom stereocenters. The van der Waals surface area contributed by atoms with Crippen LogP contribution in [0.5, 0.6) is 0 Å². The van der Waals surface area contributed by atoms with Crippen molar-refractivity contribution in [3.63, 3.8) is 0 Å². The minimum atomic E-state index is -0.587. The maximum Gasteiger partial charge on any atom is 0.333 e. The van der Waals surface area contributed by atoms with E-state index in [9.17, 15) is 10.1 Å². The van der Waals surface area contributed by atoms with Gasteiger partial charge in [0.05, 0.1) is 30.3 Å². The van der Waals surface area contributed by atoms with E-state index in [0.717, 1.165) is 53.9 Å². The molecule has 1 aromatic heterocycles. The fraction of sp³-hybridized carbons (Fsp3) is 0.281. The third-order valence-electron chi connectivity index (χ3n) is 8.09. The van der Waals surface area contributed by atoms with Gasteiger partial charge in [-0.15, -0.1) is 0 Å². The first-order valence-corrected chi connectivity index (χ1v) is 13.5. The van der Waals surface area contributed by atoms with E-state index in [1.165, 1.54) is 0 Å².